The molecule has 102 valence electrons. The quantitative estimate of drug-likeness (QED) is 0.620. The largest absolute Gasteiger partial charge is 0.496 e. The molecule has 0 atom stereocenters. The Hall–Kier alpha value is -1.71. The molecule has 0 aromatic heterocycles. The van der Waals surface area contributed by atoms with Gasteiger partial charge in [-0.25, -0.2) is 0 Å². The van der Waals surface area contributed by atoms with E-state index in [0.717, 1.165) is 26.7 Å². The van der Waals surface area contributed by atoms with Crippen molar-refractivity contribution in [3.8, 4) is 18.1 Å². The average molecular weight is 352 g/mol. The van der Waals surface area contributed by atoms with Crippen molar-refractivity contribution < 1.29 is 14.3 Å². The van der Waals surface area contributed by atoms with Gasteiger partial charge in [0.2, 0.25) is 0 Å². The van der Waals surface area contributed by atoms with Gasteiger partial charge >= 0.3 is 0 Å². The normalized spacial score (nSPS) is 16.6. The van der Waals surface area contributed by atoms with Gasteiger partial charge in [0.15, 0.2) is 0 Å². The molecular weight excluding hydrogens is 342 g/mol. The van der Waals surface area contributed by atoms with Crippen LogP contribution in [0, 0.1) is 12.3 Å². The zero-order valence-electron chi connectivity index (χ0n) is 10.6. The SMILES string of the molecule is C#CCN1C(=O)SC(=Cc2ccc(OC)c(Br)c2)C1=O. The van der Waals surface area contributed by atoms with Crippen molar-refractivity contribution in [2.45, 2.75) is 0 Å². The Balaban J connectivity index is 2.28. The minimum Gasteiger partial charge on any atom is -0.496 e. The summed E-state index contributed by atoms with van der Waals surface area (Å²) in [5.41, 5.74) is 0.795. The number of carbonyl (C=O) groups excluding carboxylic acids is 2. The Morgan fingerprint density at radius 3 is 2.85 bits per heavy atom. The highest BCUT2D eigenvalue weighted by Crippen LogP contribution is 2.33. The van der Waals surface area contributed by atoms with E-state index >= 15 is 0 Å². The maximum absolute atomic E-state index is 12.0. The highest BCUT2D eigenvalue weighted by Gasteiger charge is 2.34. The molecule has 0 radical (unpaired) electrons. The molecule has 1 aliphatic heterocycles. The number of hydrogen-bond donors (Lipinski definition) is 0. The lowest BCUT2D eigenvalue weighted by molar-refractivity contribution is -0.122. The third-order valence-electron chi connectivity index (χ3n) is 2.60. The molecule has 1 aromatic carbocycles. The van der Waals surface area contributed by atoms with Crippen molar-refractivity contribution in [1.82, 2.24) is 4.90 Å². The van der Waals surface area contributed by atoms with Crippen LogP contribution in [0.15, 0.2) is 27.6 Å². The van der Waals surface area contributed by atoms with Crippen LogP contribution in [-0.2, 0) is 4.79 Å². The average Bonchev–Trinajstić information content (AvgIpc) is 2.67. The number of rotatable bonds is 3. The van der Waals surface area contributed by atoms with E-state index in [9.17, 15) is 9.59 Å². The number of thioether (sulfide) groups is 1. The third-order valence-corrected chi connectivity index (χ3v) is 4.12. The van der Waals surface area contributed by atoms with E-state index < -0.39 is 0 Å². The smallest absolute Gasteiger partial charge is 0.294 e. The summed E-state index contributed by atoms with van der Waals surface area (Å²) in [4.78, 5) is 25.1. The fraction of sp³-hybridized carbons (Fsp3) is 0.143. The maximum atomic E-state index is 12.0. The second-order valence-corrected chi connectivity index (χ2v) is 5.71. The summed E-state index contributed by atoms with van der Waals surface area (Å²) in [6.45, 7) is -0.00564. The van der Waals surface area contributed by atoms with Crippen LogP contribution in [-0.4, -0.2) is 29.7 Å². The summed E-state index contributed by atoms with van der Waals surface area (Å²) in [7, 11) is 1.57. The van der Waals surface area contributed by atoms with Crippen molar-refractivity contribution in [3.05, 3.63) is 33.1 Å². The molecular formula is C14H10BrNO3S. The fourth-order valence-electron chi connectivity index (χ4n) is 1.65. The number of hydrogen-bond acceptors (Lipinski definition) is 4. The van der Waals surface area contributed by atoms with Crippen molar-refractivity contribution in [2.75, 3.05) is 13.7 Å². The summed E-state index contributed by atoms with van der Waals surface area (Å²) in [5, 5.41) is -0.341. The van der Waals surface area contributed by atoms with Gasteiger partial charge in [0, 0.05) is 0 Å². The van der Waals surface area contributed by atoms with E-state index in [1.165, 1.54) is 0 Å². The molecule has 1 fully saturated rings. The van der Waals surface area contributed by atoms with Crippen molar-refractivity contribution >= 4 is 44.9 Å². The van der Waals surface area contributed by atoms with E-state index in [1.807, 2.05) is 6.07 Å². The van der Waals surface area contributed by atoms with Crippen molar-refractivity contribution in [1.29, 1.82) is 0 Å². The molecule has 20 heavy (non-hydrogen) atoms. The lowest BCUT2D eigenvalue weighted by Crippen LogP contribution is -2.28. The predicted octanol–water partition coefficient (Wildman–Crippen LogP) is 3.13. The first kappa shape index (κ1) is 14.7. The number of amides is 2. The van der Waals surface area contributed by atoms with Gasteiger partial charge in [-0.1, -0.05) is 12.0 Å². The lowest BCUT2D eigenvalue weighted by atomic mass is 10.2. The van der Waals surface area contributed by atoms with Gasteiger partial charge in [0.25, 0.3) is 11.1 Å². The summed E-state index contributed by atoms with van der Waals surface area (Å²) < 4.78 is 5.91. The number of nitrogens with zero attached hydrogens (tertiary/aromatic N) is 1. The van der Waals surface area contributed by atoms with Crippen LogP contribution in [0.4, 0.5) is 4.79 Å². The molecule has 0 aliphatic carbocycles. The van der Waals surface area contributed by atoms with Crippen LogP contribution < -0.4 is 4.74 Å². The first-order valence-corrected chi connectivity index (χ1v) is 7.20. The summed E-state index contributed by atoms with van der Waals surface area (Å²) >= 11 is 4.26. The molecule has 2 amide bonds. The first-order chi connectivity index (χ1) is 9.56. The van der Waals surface area contributed by atoms with Crippen molar-refractivity contribution in [3.63, 3.8) is 0 Å². The molecule has 1 saturated heterocycles. The molecule has 0 N–H and O–H groups in total. The Morgan fingerprint density at radius 2 is 2.25 bits per heavy atom. The Bertz CT molecular complexity index is 648. The van der Waals surface area contributed by atoms with Crippen LogP contribution in [0.3, 0.4) is 0 Å². The highest BCUT2D eigenvalue weighted by molar-refractivity contribution is 9.10. The molecule has 6 heteroatoms. The zero-order chi connectivity index (χ0) is 14.7. The summed E-state index contributed by atoms with van der Waals surface area (Å²) in [5.74, 6) is 2.64. The molecule has 1 heterocycles. The van der Waals surface area contributed by atoms with Gasteiger partial charge in [-0.15, -0.1) is 6.42 Å². The van der Waals surface area contributed by atoms with E-state index in [0.29, 0.717) is 10.7 Å². The van der Waals surface area contributed by atoms with Gasteiger partial charge in [-0.3, -0.25) is 14.5 Å². The second-order valence-electron chi connectivity index (χ2n) is 3.87. The number of ether oxygens (including phenoxy) is 1. The highest BCUT2D eigenvalue weighted by atomic mass is 79.9. The number of methoxy groups -OCH3 is 1. The van der Waals surface area contributed by atoms with Crippen LogP contribution in [0.5, 0.6) is 5.75 Å². The number of terminal acetylenes is 1. The molecule has 0 spiro atoms. The first-order valence-electron chi connectivity index (χ1n) is 5.59. The molecule has 0 saturated carbocycles. The van der Waals surface area contributed by atoms with E-state index in [4.69, 9.17) is 11.2 Å². The second kappa shape index (κ2) is 6.16. The molecule has 2 rings (SSSR count). The Kier molecular flexibility index (Phi) is 4.53. The van der Waals surface area contributed by atoms with Gasteiger partial charge in [0.05, 0.1) is 23.0 Å². The minimum absolute atomic E-state index is 0.00564. The number of carbonyl (C=O) groups is 2. The lowest BCUT2D eigenvalue weighted by Gasteiger charge is -2.06. The van der Waals surface area contributed by atoms with Gasteiger partial charge in [0.1, 0.15) is 5.75 Å². The van der Waals surface area contributed by atoms with Gasteiger partial charge < -0.3 is 4.74 Å². The standard InChI is InChI=1S/C14H10BrNO3S/c1-3-6-16-13(17)12(20-14(16)18)8-9-4-5-11(19-2)10(15)7-9/h1,4-5,7-8H,6H2,2H3. The van der Waals surface area contributed by atoms with Crippen LogP contribution in [0.25, 0.3) is 6.08 Å². The maximum Gasteiger partial charge on any atom is 0.294 e. The van der Waals surface area contributed by atoms with E-state index in [1.54, 1.807) is 25.3 Å². The van der Waals surface area contributed by atoms with Gasteiger partial charge in [-0.2, -0.15) is 0 Å². The van der Waals surface area contributed by atoms with E-state index in [2.05, 4.69) is 21.9 Å². The monoisotopic (exact) mass is 351 g/mol. The Morgan fingerprint density at radius 1 is 1.50 bits per heavy atom. The summed E-state index contributed by atoms with van der Waals surface area (Å²) in [6.07, 6.45) is 6.80. The number of halogens is 1. The molecule has 0 unspecified atom stereocenters. The molecule has 1 aliphatic rings. The van der Waals surface area contributed by atoms with Crippen LogP contribution >= 0.6 is 27.7 Å². The van der Waals surface area contributed by atoms with Crippen molar-refractivity contribution in [2.24, 2.45) is 0 Å². The van der Waals surface area contributed by atoms with Crippen LogP contribution in [0.1, 0.15) is 5.56 Å². The number of imide groups is 1. The van der Waals surface area contributed by atoms with E-state index in [-0.39, 0.29) is 17.7 Å². The van der Waals surface area contributed by atoms with Gasteiger partial charge in [-0.05, 0) is 51.5 Å². The topological polar surface area (TPSA) is 46.6 Å². The summed E-state index contributed by atoms with van der Waals surface area (Å²) in [6, 6.07) is 5.40. The number of benzene rings is 1. The molecule has 4 nitrogen and oxygen atoms in total. The molecule has 1 aromatic rings. The zero-order valence-corrected chi connectivity index (χ0v) is 13.0. The Labute approximate surface area is 129 Å². The predicted molar refractivity (Wildman–Crippen MR) is 82.2 cm³/mol. The third kappa shape index (κ3) is 2.89. The minimum atomic E-state index is -0.357. The van der Waals surface area contributed by atoms with Crippen LogP contribution in [0.2, 0.25) is 0 Å². The fourth-order valence-corrected chi connectivity index (χ4v) is 3.05. The molecule has 0 bridgehead atoms.